The standard InChI is InChI=1S/C20H27ClN4O2/c1-20(15-22,16-2-3-16)23-19(26)14-25-10-8-24(9-11-25)12-13-27-18-6-4-17(21)5-7-18/h4-7,16H,2-3,8-14H2,1H3,(H,23,26)/t20-/m1/s1. The zero-order valence-corrected chi connectivity index (χ0v) is 16.5. The first-order chi connectivity index (χ1) is 13.0. The Bertz CT molecular complexity index is 678. The molecule has 0 unspecified atom stereocenters. The molecule has 1 aromatic carbocycles. The van der Waals surface area contributed by atoms with Gasteiger partial charge in [0.25, 0.3) is 0 Å². The van der Waals surface area contributed by atoms with Crippen LogP contribution in [0.5, 0.6) is 5.75 Å². The summed E-state index contributed by atoms with van der Waals surface area (Å²) >= 11 is 5.87. The first-order valence-corrected chi connectivity index (χ1v) is 9.91. The summed E-state index contributed by atoms with van der Waals surface area (Å²) in [5.41, 5.74) is -0.710. The Balaban J connectivity index is 1.33. The SMILES string of the molecule is C[C@](C#N)(NC(=O)CN1CCN(CCOc2ccc(Cl)cc2)CC1)C1CC1. The number of halogens is 1. The van der Waals surface area contributed by atoms with Gasteiger partial charge < -0.3 is 10.1 Å². The van der Waals surface area contributed by atoms with Crippen molar-refractivity contribution in [1.29, 1.82) is 5.26 Å². The fourth-order valence-corrected chi connectivity index (χ4v) is 3.53. The lowest BCUT2D eigenvalue weighted by molar-refractivity contribution is -0.124. The van der Waals surface area contributed by atoms with Gasteiger partial charge in [0.1, 0.15) is 17.9 Å². The summed E-state index contributed by atoms with van der Waals surface area (Å²) in [6.45, 7) is 7.20. The highest BCUT2D eigenvalue weighted by Gasteiger charge is 2.43. The summed E-state index contributed by atoms with van der Waals surface area (Å²) in [6, 6.07) is 9.66. The minimum absolute atomic E-state index is 0.0505. The monoisotopic (exact) mass is 390 g/mol. The molecular weight excluding hydrogens is 364 g/mol. The highest BCUT2D eigenvalue weighted by Crippen LogP contribution is 2.39. The van der Waals surface area contributed by atoms with E-state index in [2.05, 4.69) is 21.2 Å². The topological polar surface area (TPSA) is 68.6 Å². The summed E-state index contributed by atoms with van der Waals surface area (Å²) in [5.74, 6) is 1.08. The number of hydrogen-bond acceptors (Lipinski definition) is 5. The number of carbonyl (C=O) groups excluding carboxylic acids is 1. The Kier molecular flexibility index (Phi) is 6.59. The molecule has 27 heavy (non-hydrogen) atoms. The van der Waals surface area contributed by atoms with E-state index in [9.17, 15) is 10.1 Å². The molecule has 3 rings (SSSR count). The van der Waals surface area contributed by atoms with Gasteiger partial charge in [-0.15, -0.1) is 0 Å². The highest BCUT2D eigenvalue weighted by molar-refractivity contribution is 6.30. The van der Waals surface area contributed by atoms with Crippen molar-refractivity contribution in [3.05, 3.63) is 29.3 Å². The second kappa shape index (κ2) is 8.92. The number of ether oxygens (including phenoxy) is 1. The van der Waals surface area contributed by atoms with Gasteiger partial charge in [-0.05, 0) is 49.9 Å². The minimum Gasteiger partial charge on any atom is -0.492 e. The van der Waals surface area contributed by atoms with Crippen molar-refractivity contribution in [2.75, 3.05) is 45.9 Å². The number of nitriles is 1. The zero-order chi connectivity index (χ0) is 19.3. The van der Waals surface area contributed by atoms with Crippen molar-refractivity contribution < 1.29 is 9.53 Å². The van der Waals surface area contributed by atoms with Crippen molar-refractivity contribution in [1.82, 2.24) is 15.1 Å². The molecule has 1 heterocycles. The van der Waals surface area contributed by atoms with Gasteiger partial charge in [-0.1, -0.05) is 11.6 Å². The molecule has 2 aliphatic rings. The van der Waals surface area contributed by atoms with Crippen LogP contribution in [0.25, 0.3) is 0 Å². The van der Waals surface area contributed by atoms with Crippen LogP contribution in [0.3, 0.4) is 0 Å². The number of nitrogens with zero attached hydrogens (tertiary/aromatic N) is 3. The van der Waals surface area contributed by atoms with E-state index in [0.29, 0.717) is 24.1 Å². The number of benzene rings is 1. The summed E-state index contributed by atoms with van der Waals surface area (Å²) in [6.07, 6.45) is 2.06. The number of nitrogens with one attached hydrogen (secondary N) is 1. The molecule has 2 fully saturated rings. The number of amides is 1. The third kappa shape index (κ3) is 5.83. The van der Waals surface area contributed by atoms with E-state index in [1.165, 1.54) is 0 Å². The number of hydrogen-bond donors (Lipinski definition) is 1. The molecule has 6 nitrogen and oxygen atoms in total. The number of piperazine rings is 1. The zero-order valence-electron chi connectivity index (χ0n) is 15.8. The molecule has 0 radical (unpaired) electrons. The summed E-state index contributed by atoms with van der Waals surface area (Å²) in [5, 5.41) is 13.0. The van der Waals surface area contributed by atoms with Gasteiger partial charge in [-0.25, -0.2) is 0 Å². The molecule has 1 aliphatic carbocycles. The Labute approximate surface area is 166 Å². The molecule has 1 aromatic rings. The van der Waals surface area contributed by atoms with Crippen LogP contribution in [0.1, 0.15) is 19.8 Å². The maximum absolute atomic E-state index is 12.3. The molecule has 146 valence electrons. The lowest BCUT2D eigenvalue weighted by Gasteiger charge is -2.34. The van der Waals surface area contributed by atoms with Crippen molar-refractivity contribution in [3.8, 4) is 11.8 Å². The second-order valence-electron chi connectivity index (χ2n) is 7.56. The van der Waals surface area contributed by atoms with Crippen molar-refractivity contribution in [2.45, 2.75) is 25.3 Å². The summed E-state index contributed by atoms with van der Waals surface area (Å²) < 4.78 is 5.74. The third-order valence-corrected chi connectivity index (χ3v) is 5.60. The largest absolute Gasteiger partial charge is 0.492 e. The van der Waals surface area contributed by atoms with E-state index < -0.39 is 5.54 Å². The Hall–Kier alpha value is -1.81. The molecule has 1 amide bonds. The minimum atomic E-state index is -0.710. The van der Waals surface area contributed by atoms with Crippen molar-refractivity contribution in [3.63, 3.8) is 0 Å². The number of rotatable bonds is 8. The molecule has 1 saturated heterocycles. The van der Waals surface area contributed by atoms with Gasteiger partial charge >= 0.3 is 0 Å². The van der Waals surface area contributed by atoms with Crippen LogP contribution in [0.4, 0.5) is 0 Å². The van der Waals surface area contributed by atoms with Crippen molar-refractivity contribution in [2.24, 2.45) is 5.92 Å². The maximum Gasteiger partial charge on any atom is 0.235 e. The van der Waals surface area contributed by atoms with Crippen LogP contribution in [0, 0.1) is 17.2 Å². The van der Waals surface area contributed by atoms with E-state index in [-0.39, 0.29) is 5.91 Å². The Morgan fingerprint density at radius 1 is 1.26 bits per heavy atom. The molecule has 0 aromatic heterocycles. The molecule has 7 heteroatoms. The van der Waals surface area contributed by atoms with Crippen molar-refractivity contribution >= 4 is 17.5 Å². The van der Waals surface area contributed by atoms with Crippen LogP contribution in [-0.4, -0.2) is 67.1 Å². The molecule has 1 atom stereocenters. The van der Waals surface area contributed by atoms with E-state index >= 15 is 0 Å². The smallest absolute Gasteiger partial charge is 0.235 e. The van der Waals surface area contributed by atoms with Crippen LogP contribution in [-0.2, 0) is 4.79 Å². The quantitative estimate of drug-likeness (QED) is 0.736. The highest BCUT2D eigenvalue weighted by atomic mass is 35.5. The molecule has 1 saturated carbocycles. The fraction of sp³-hybridized carbons (Fsp3) is 0.600. The molecule has 0 bridgehead atoms. The maximum atomic E-state index is 12.3. The average molecular weight is 391 g/mol. The van der Waals surface area contributed by atoms with Gasteiger partial charge in [0.2, 0.25) is 5.91 Å². The summed E-state index contributed by atoms with van der Waals surface area (Å²) in [4.78, 5) is 16.8. The summed E-state index contributed by atoms with van der Waals surface area (Å²) in [7, 11) is 0. The predicted molar refractivity (Wildman–Crippen MR) is 105 cm³/mol. The van der Waals surface area contributed by atoms with Crippen LogP contribution in [0.2, 0.25) is 5.02 Å². The fourth-order valence-electron chi connectivity index (χ4n) is 3.41. The van der Waals surface area contributed by atoms with E-state index in [0.717, 1.165) is 51.3 Å². The number of carbonyl (C=O) groups is 1. The van der Waals surface area contributed by atoms with Gasteiger partial charge in [-0.2, -0.15) is 5.26 Å². The normalized spacial score (nSPS) is 20.5. The van der Waals surface area contributed by atoms with Crippen LogP contribution in [0.15, 0.2) is 24.3 Å². The lowest BCUT2D eigenvalue weighted by Crippen LogP contribution is -2.53. The first kappa shape index (κ1) is 19.9. The van der Waals surface area contributed by atoms with Gasteiger partial charge in [-0.3, -0.25) is 14.6 Å². The molecule has 1 aliphatic heterocycles. The van der Waals surface area contributed by atoms with E-state index in [1.54, 1.807) is 0 Å². The van der Waals surface area contributed by atoms with E-state index in [4.69, 9.17) is 16.3 Å². The van der Waals surface area contributed by atoms with Gasteiger partial charge in [0.05, 0.1) is 12.6 Å². The van der Waals surface area contributed by atoms with Crippen LogP contribution < -0.4 is 10.1 Å². The first-order valence-electron chi connectivity index (χ1n) is 9.54. The van der Waals surface area contributed by atoms with E-state index in [1.807, 2.05) is 31.2 Å². The lowest BCUT2D eigenvalue weighted by atomic mass is 9.98. The Morgan fingerprint density at radius 2 is 1.89 bits per heavy atom. The molecule has 1 N–H and O–H groups in total. The van der Waals surface area contributed by atoms with Crippen LogP contribution >= 0.6 is 11.6 Å². The average Bonchev–Trinajstić information content (AvgIpc) is 3.50. The Morgan fingerprint density at radius 3 is 2.48 bits per heavy atom. The molecular formula is C20H27ClN4O2. The third-order valence-electron chi connectivity index (χ3n) is 5.35. The van der Waals surface area contributed by atoms with Gasteiger partial charge in [0.15, 0.2) is 0 Å². The second-order valence-corrected chi connectivity index (χ2v) is 7.99. The molecule has 0 spiro atoms. The predicted octanol–water partition coefficient (Wildman–Crippen LogP) is 2.14. The van der Waals surface area contributed by atoms with Gasteiger partial charge in [0, 0.05) is 37.7 Å².